The standard InChI is InChI=1S/C11H14O5S/c1-7(12)8-5-9(15-2)11(17(4,13)14)10(6-8)16-3/h5-6H,1-4H3. The molecule has 0 radical (unpaired) electrons. The molecule has 0 fully saturated rings. The molecule has 0 amide bonds. The molecule has 0 unspecified atom stereocenters. The first-order valence-electron chi connectivity index (χ1n) is 4.78. The highest BCUT2D eigenvalue weighted by molar-refractivity contribution is 7.91. The van der Waals surface area contributed by atoms with Crippen LogP contribution in [0.1, 0.15) is 17.3 Å². The second kappa shape index (κ2) is 4.75. The van der Waals surface area contributed by atoms with Gasteiger partial charge in [0.25, 0.3) is 0 Å². The third-order valence-electron chi connectivity index (χ3n) is 2.24. The van der Waals surface area contributed by atoms with Gasteiger partial charge in [-0.05, 0) is 19.1 Å². The Labute approximate surface area is 100 Å². The summed E-state index contributed by atoms with van der Waals surface area (Å²) in [6.07, 6.45) is 1.06. The fourth-order valence-corrected chi connectivity index (χ4v) is 2.46. The number of ether oxygens (including phenoxy) is 2. The Hall–Kier alpha value is -1.56. The topological polar surface area (TPSA) is 69.7 Å². The van der Waals surface area contributed by atoms with Gasteiger partial charge in [-0.1, -0.05) is 0 Å². The first-order chi connectivity index (χ1) is 7.81. The van der Waals surface area contributed by atoms with Crippen molar-refractivity contribution in [1.82, 2.24) is 0 Å². The van der Waals surface area contributed by atoms with Crippen LogP contribution in [0, 0.1) is 0 Å². The number of hydrogen-bond acceptors (Lipinski definition) is 5. The lowest BCUT2D eigenvalue weighted by Crippen LogP contribution is -2.06. The fraction of sp³-hybridized carbons (Fsp3) is 0.364. The van der Waals surface area contributed by atoms with Gasteiger partial charge < -0.3 is 9.47 Å². The number of benzene rings is 1. The van der Waals surface area contributed by atoms with E-state index in [1.165, 1.54) is 33.3 Å². The summed E-state index contributed by atoms with van der Waals surface area (Å²) in [4.78, 5) is 11.2. The van der Waals surface area contributed by atoms with E-state index in [2.05, 4.69) is 0 Å². The molecule has 17 heavy (non-hydrogen) atoms. The summed E-state index contributed by atoms with van der Waals surface area (Å²) in [5, 5.41) is 0. The number of hydrogen-bond donors (Lipinski definition) is 0. The first-order valence-corrected chi connectivity index (χ1v) is 6.67. The highest BCUT2D eigenvalue weighted by Crippen LogP contribution is 2.34. The van der Waals surface area contributed by atoms with E-state index in [1.54, 1.807) is 0 Å². The molecule has 1 rings (SSSR count). The van der Waals surface area contributed by atoms with Gasteiger partial charge in [-0.3, -0.25) is 4.79 Å². The molecule has 0 aliphatic rings. The van der Waals surface area contributed by atoms with Gasteiger partial charge in [0.1, 0.15) is 11.5 Å². The number of carbonyl (C=O) groups excluding carboxylic acids is 1. The monoisotopic (exact) mass is 258 g/mol. The molecular weight excluding hydrogens is 244 g/mol. The summed E-state index contributed by atoms with van der Waals surface area (Å²) in [6.45, 7) is 1.38. The van der Waals surface area contributed by atoms with Gasteiger partial charge in [-0.25, -0.2) is 8.42 Å². The molecule has 6 heteroatoms. The minimum Gasteiger partial charge on any atom is -0.495 e. The molecule has 1 aromatic rings. The average molecular weight is 258 g/mol. The molecule has 0 aliphatic heterocycles. The Kier molecular flexibility index (Phi) is 3.77. The minimum atomic E-state index is -3.49. The van der Waals surface area contributed by atoms with Gasteiger partial charge in [0.2, 0.25) is 0 Å². The molecule has 0 aromatic heterocycles. The predicted octanol–water partition coefficient (Wildman–Crippen LogP) is 1.31. The Morgan fingerprint density at radius 1 is 1.12 bits per heavy atom. The summed E-state index contributed by atoms with van der Waals surface area (Å²) in [6, 6.07) is 2.78. The van der Waals surface area contributed by atoms with Crippen molar-refractivity contribution in [3.8, 4) is 11.5 Å². The average Bonchev–Trinajstić information content (AvgIpc) is 2.25. The lowest BCUT2D eigenvalue weighted by atomic mass is 10.1. The minimum absolute atomic E-state index is 0.0486. The molecule has 0 spiro atoms. The largest absolute Gasteiger partial charge is 0.495 e. The SMILES string of the molecule is COc1cc(C(C)=O)cc(OC)c1S(C)(=O)=O. The van der Waals surface area contributed by atoms with Crippen LogP contribution in [-0.2, 0) is 9.84 Å². The van der Waals surface area contributed by atoms with Gasteiger partial charge in [0, 0.05) is 11.8 Å². The van der Waals surface area contributed by atoms with Gasteiger partial charge in [-0.2, -0.15) is 0 Å². The summed E-state index contributed by atoms with van der Waals surface area (Å²) in [7, 11) is -0.811. The zero-order valence-electron chi connectivity index (χ0n) is 10.1. The van der Waals surface area contributed by atoms with E-state index in [4.69, 9.17) is 9.47 Å². The van der Waals surface area contributed by atoms with Crippen LogP contribution in [0.15, 0.2) is 17.0 Å². The van der Waals surface area contributed by atoms with Crippen LogP contribution >= 0.6 is 0 Å². The molecule has 0 atom stereocenters. The van der Waals surface area contributed by atoms with Crippen molar-refractivity contribution < 1.29 is 22.7 Å². The molecule has 5 nitrogen and oxygen atoms in total. The molecule has 0 aliphatic carbocycles. The molecule has 0 saturated heterocycles. The van der Waals surface area contributed by atoms with Crippen molar-refractivity contribution in [2.24, 2.45) is 0 Å². The molecule has 1 aromatic carbocycles. The number of methoxy groups -OCH3 is 2. The van der Waals surface area contributed by atoms with E-state index in [1.807, 2.05) is 0 Å². The Bertz CT molecular complexity index is 520. The lowest BCUT2D eigenvalue weighted by Gasteiger charge is -2.12. The molecule has 0 bridgehead atoms. The van der Waals surface area contributed by atoms with Crippen molar-refractivity contribution in [2.75, 3.05) is 20.5 Å². The normalized spacial score (nSPS) is 11.1. The Balaban J connectivity index is 3.65. The molecular formula is C11H14O5S. The summed E-state index contributed by atoms with van der Waals surface area (Å²) in [5.74, 6) is 0.0238. The van der Waals surface area contributed by atoms with Gasteiger partial charge in [0.15, 0.2) is 20.5 Å². The maximum absolute atomic E-state index is 11.6. The number of Topliss-reactive ketones (excluding diaryl/α,β-unsaturated/α-hetero) is 1. The van der Waals surface area contributed by atoms with Crippen LogP contribution in [0.3, 0.4) is 0 Å². The van der Waals surface area contributed by atoms with Crippen LogP contribution in [0.5, 0.6) is 11.5 Å². The fourth-order valence-electron chi connectivity index (χ4n) is 1.45. The zero-order chi connectivity index (χ0) is 13.2. The molecule has 0 N–H and O–H groups in total. The summed E-state index contributed by atoms with van der Waals surface area (Å²) < 4.78 is 33.2. The third-order valence-corrected chi connectivity index (χ3v) is 3.38. The maximum Gasteiger partial charge on any atom is 0.182 e. The molecule has 94 valence electrons. The van der Waals surface area contributed by atoms with Gasteiger partial charge in [0.05, 0.1) is 14.2 Å². The van der Waals surface area contributed by atoms with E-state index in [0.29, 0.717) is 5.56 Å². The Morgan fingerprint density at radius 3 is 1.76 bits per heavy atom. The zero-order valence-corrected chi connectivity index (χ0v) is 10.9. The smallest absolute Gasteiger partial charge is 0.182 e. The highest BCUT2D eigenvalue weighted by atomic mass is 32.2. The van der Waals surface area contributed by atoms with E-state index in [0.717, 1.165) is 6.26 Å². The van der Waals surface area contributed by atoms with Crippen molar-refractivity contribution >= 4 is 15.6 Å². The van der Waals surface area contributed by atoms with E-state index >= 15 is 0 Å². The molecule has 0 saturated carbocycles. The van der Waals surface area contributed by atoms with E-state index < -0.39 is 9.84 Å². The summed E-state index contributed by atoms with van der Waals surface area (Å²) >= 11 is 0. The van der Waals surface area contributed by atoms with Crippen molar-refractivity contribution in [1.29, 1.82) is 0 Å². The van der Waals surface area contributed by atoms with Crippen LogP contribution < -0.4 is 9.47 Å². The van der Waals surface area contributed by atoms with Crippen molar-refractivity contribution in [3.63, 3.8) is 0 Å². The number of ketones is 1. The second-order valence-corrected chi connectivity index (χ2v) is 5.49. The highest BCUT2D eigenvalue weighted by Gasteiger charge is 2.22. The predicted molar refractivity (Wildman–Crippen MR) is 62.7 cm³/mol. The maximum atomic E-state index is 11.6. The quantitative estimate of drug-likeness (QED) is 0.761. The van der Waals surface area contributed by atoms with E-state index in [9.17, 15) is 13.2 Å². The summed E-state index contributed by atoms with van der Waals surface area (Å²) in [5.41, 5.74) is 0.339. The number of sulfone groups is 1. The number of carbonyl (C=O) groups is 1. The third kappa shape index (κ3) is 2.76. The van der Waals surface area contributed by atoms with Crippen LogP contribution in [0.4, 0.5) is 0 Å². The van der Waals surface area contributed by atoms with Gasteiger partial charge >= 0.3 is 0 Å². The first kappa shape index (κ1) is 13.5. The van der Waals surface area contributed by atoms with Gasteiger partial charge in [-0.15, -0.1) is 0 Å². The second-order valence-electron chi connectivity index (χ2n) is 3.54. The van der Waals surface area contributed by atoms with Crippen LogP contribution in [-0.4, -0.2) is 34.7 Å². The van der Waals surface area contributed by atoms with Crippen molar-refractivity contribution in [2.45, 2.75) is 11.8 Å². The van der Waals surface area contributed by atoms with Crippen LogP contribution in [0.2, 0.25) is 0 Å². The molecule has 0 heterocycles. The van der Waals surface area contributed by atoms with Crippen molar-refractivity contribution in [3.05, 3.63) is 17.7 Å². The number of rotatable bonds is 4. The van der Waals surface area contributed by atoms with Crippen LogP contribution in [0.25, 0.3) is 0 Å². The van der Waals surface area contributed by atoms with E-state index in [-0.39, 0.29) is 22.2 Å². The Morgan fingerprint density at radius 2 is 1.53 bits per heavy atom. The lowest BCUT2D eigenvalue weighted by molar-refractivity contribution is 0.101.